The van der Waals surface area contributed by atoms with Crippen LogP contribution in [0.2, 0.25) is 5.02 Å². The molecule has 0 unspecified atom stereocenters. The summed E-state index contributed by atoms with van der Waals surface area (Å²) in [6.07, 6.45) is -2.12. The zero-order valence-corrected chi connectivity index (χ0v) is 19.4. The van der Waals surface area contributed by atoms with E-state index in [1.54, 1.807) is 41.3 Å². The Morgan fingerprint density at radius 1 is 0.972 bits per heavy atom. The highest BCUT2D eigenvalue weighted by Crippen LogP contribution is 2.30. The Balaban J connectivity index is 1.33. The van der Waals surface area contributed by atoms with Crippen LogP contribution >= 0.6 is 11.6 Å². The minimum atomic E-state index is -4.89. The maximum atomic E-state index is 13.1. The number of nitrogens with one attached hydrogen (secondary N) is 1. The van der Waals surface area contributed by atoms with E-state index in [1.807, 2.05) is 0 Å². The summed E-state index contributed by atoms with van der Waals surface area (Å²) in [7, 11) is 0. The molecule has 3 aromatic rings. The SMILES string of the molecule is O=C(/C=C/c1ccc(-c2ccc(F)cc2)o1)Nc1ccc(N2CCN(C(=O)C(F)(F)F)CC2)c(Cl)c1. The number of halogens is 5. The molecule has 0 radical (unpaired) electrons. The molecule has 6 nitrogen and oxygen atoms in total. The van der Waals surface area contributed by atoms with Gasteiger partial charge in [-0.25, -0.2) is 4.39 Å². The molecule has 1 saturated heterocycles. The van der Waals surface area contributed by atoms with Crippen molar-refractivity contribution < 1.29 is 31.6 Å². The van der Waals surface area contributed by atoms with E-state index in [-0.39, 0.29) is 32.0 Å². The van der Waals surface area contributed by atoms with Crippen molar-refractivity contribution in [3.05, 3.63) is 77.3 Å². The van der Waals surface area contributed by atoms with Gasteiger partial charge >= 0.3 is 12.1 Å². The summed E-state index contributed by atoms with van der Waals surface area (Å²) in [5, 5.41) is 2.98. The van der Waals surface area contributed by atoms with Gasteiger partial charge in [-0.2, -0.15) is 13.2 Å². The van der Waals surface area contributed by atoms with Gasteiger partial charge in [0.25, 0.3) is 0 Å². The number of rotatable bonds is 5. The standard InChI is InChI=1S/C25H20ClF4N3O3/c26-20-15-18(5-8-21(20)32-11-13-33(14-12-32)24(35)25(28,29)30)31-23(34)10-7-19-6-9-22(36-19)16-1-3-17(27)4-2-16/h1-10,15H,11-14H2,(H,31,34)/b10-7+. The average Bonchev–Trinajstić information content (AvgIpc) is 3.32. The third-order valence-corrected chi connectivity index (χ3v) is 5.82. The Hall–Kier alpha value is -3.79. The lowest BCUT2D eigenvalue weighted by atomic mass is 10.2. The summed E-state index contributed by atoms with van der Waals surface area (Å²) in [6.45, 7) is 0.235. The van der Waals surface area contributed by atoms with Gasteiger partial charge in [-0.3, -0.25) is 9.59 Å². The van der Waals surface area contributed by atoms with Crippen molar-refractivity contribution in [3.8, 4) is 11.3 Å². The second-order valence-corrected chi connectivity index (χ2v) is 8.38. The normalized spacial score (nSPS) is 14.4. The number of benzene rings is 2. The number of anilines is 2. The molecule has 2 amide bonds. The van der Waals surface area contributed by atoms with Gasteiger partial charge in [0.15, 0.2) is 0 Å². The highest BCUT2D eigenvalue weighted by Gasteiger charge is 2.43. The Morgan fingerprint density at radius 2 is 1.67 bits per heavy atom. The lowest BCUT2D eigenvalue weighted by Crippen LogP contribution is -2.52. The molecule has 2 aromatic carbocycles. The molecule has 0 bridgehead atoms. The van der Waals surface area contributed by atoms with E-state index in [2.05, 4.69) is 5.32 Å². The maximum Gasteiger partial charge on any atom is 0.471 e. The van der Waals surface area contributed by atoms with Crippen molar-refractivity contribution in [3.63, 3.8) is 0 Å². The number of amides is 2. The molecule has 0 aliphatic carbocycles. The van der Waals surface area contributed by atoms with Crippen molar-refractivity contribution in [1.29, 1.82) is 0 Å². The fraction of sp³-hybridized carbons (Fsp3) is 0.200. The fourth-order valence-electron chi connectivity index (χ4n) is 3.72. The van der Waals surface area contributed by atoms with Gasteiger partial charge < -0.3 is 19.5 Å². The molecule has 0 spiro atoms. The summed E-state index contributed by atoms with van der Waals surface area (Å²) >= 11 is 6.35. The minimum absolute atomic E-state index is 0.0758. The van der Waals surface area contributed by atoms with Crippen LogP contribution in [0, 0.1) is 5.82 Å². The molecule has 188 valence electrons. The second-order valence-electron chi connectivity index (χ2n) is 7.97. The van der Waals surface area contributed by atoms with E-state index in [0.29, 0.717) is 33.5 Å². The van der Waals surface area contributed by atoms with Crippen LogP contribution in [0.25, 0.3) is 17.4 Å². The number of carbonyl (C=O) groups excluding carboxylic acids is 2. The van der Waals surface area contributed by atoms with Gasteiger partial charge in [0.2, 0.25) is 5.91 Å². The number of hydrogen-bond donors (Lipinski definition) is 1. The van der Waals surface area contributed by atoms with Gasteiger partial charge in [-0.05, 0) is 60.7 Å². The first-order chi connectivity index (χ1) is 17.1. The van der Waals surface area contributed by atoms with Gasteiger partial charge in [0.05, 0.1) is 10.7 Å². The smallest absolute Gasteiger partial charge is 0.457 e. The summed E-state index contributed by atoms with van der Waals surface area (Å²) in [6, 6.07) is 14.0. The summed E-state index contributed by atoms with van der Waals surface area (Å²) in [5.41, 5.74) is 1.72. The van der Waals surface area contributed by atoms with Gasteiger partial charge in [0.1, 0.15) is 17.3 Å². The van der Waals surface area contributed by atoms with Crippen LogP contribution in [-0.2, 0) is 9.59 Å². The zero-order valence-electron chi connectivity index (χ0n) is 18.7. The first kappa shape index (κ1) is 25.3. The number of alkyl halides is 3. The molecule has 11 heteroatoms. The minimum Gasteiger partial charge on any atom is -0.457 e. The van der Waals surface area contributed by atoms with Gasteiger partial charge in [-0.1, -0.05) is 11.6 Å². The Labute approximate surface area is 208 Å². The second kappa shape index (κ2) is 10.4. The van der Waals surface area contributed by atoms with E-state index in [0.717, 1.165) is 4.90 Å². The molecule has 1 fully saturated rings. The molecule has 1 aliphatic heterocycles. The average molecular weight is 522 g/mol. The van der Waals surface area contributed by atoms with Gasteiger partial charge in [-0.15, -0.1) is 0 Å². The monoisotopic (exact) mass is 521 g/mol. The van der Waals surface area contributed by atoms with Crippen molar-refractivity contribution in [2.75, 3.05) is 36.4 Å². The molecule has 1 N–H and O–H groups in total. The van der Waals surface area contributed by atoms with Gasteiger partial charge in [0, 0.05) is 43.5 Å². The summed E-state index contributed by atoms with van der Waals surface area (Å²) in [5.74, 6) is -1.67. The quantitative estimate of drug-likeness (QED) is 0.350. The predicted octanol–water partition coefficient (Wildman–Crippen LogP) is 5.60. The van der Waals surface area contributed by atoms with E-state index < -0.39 is 18.0 Å². The molecule has 4 rings (SSSR count). The van der Waals surface area contributed by atoms with Crippen molar-refractivity contribution in [1.82, 2.24) is 4.90 Å². The molecular formula is C25H20ClF4N3O3. The number of carbonyl (C=O) groups is 2. The first-order valence-corrected chi connectivity index (χ1v) is 11.2. The number of hydrogen-bond acceptors (Lipinski definition) is 4. The van der Waals surface area contributed by atoms with Crippen molar-refractivity contribution >= 4 is 40.9 Å². The molecule has 2 heterocycles. The Morgan fingerprint density at radius 3 is 2.31 bits per heavy atom. The maximum absolute atomic E-state index is 13.1. The van der Waals surface area contributed by atoms with E-state index in [4.69, 9.17) is 16.0 Å². The van der Waals surface area contributed by atoms with Crippen LogP contribution in [0.4, 0.5) is 28.9 Å². The highest BCUT2D eigenvalue weighted by atomic mass is 35.5. The van der Waals surface area contributed by atoms with E-state index in [1.165, 1.54) is 30.4 Å². The molecule has 0 atom stereocenters. The third kappa shape index (κ3) is 6.06. The molecular weight excluding hydrogens is 502 g/mol. The largest absolute Gasteiger partial charge is 0.471 e. The van der Waals surface area contributed by atoms with Crippen molar-refractivity contribution in [2.24, 2.45) is 0 Å². The van der Waals surface area contributed by atoms with Crippen LogP contribution < -0.4 is 10.2 Å². The van der Waals surface area contributed by atoms with Crippen LogP contribution in [0.3, 0.4) is 0 Å². The first-order valence-electron chi connectivity index (χ1n) is 10.9. The van der Waals surface area contributed by atoms with E-state index >= 15 is 0 Å². The Kier molecular flexibility index (Phi) is 7.35. The summed E-state index contributed by atoms with van der Waals surface area (Å²) < 4.78 is 56.6. The number of nitrogens with zero attached hydrogens (tertiary/aromatic N) is 2. The molecule has 36 heavy (non-hydrogen) atoms. The van der Waals surface area contributed by atoms with Crippen LogP contribution in [0.5, 0.6) is 0 Å². The predicted molar refractivity (Wildman–Crippen MR) is 128 cm³/mol. The lowest BCUT2D eigenvalue weighted by molar-refractivity contribution is -0.185. The molecule has 0 saturated carbocycles. The third-order valence-electron chi connectivity index (χ3n) is 5.52. The fourth-order valence-corrected chi connectivity index (χ4v) is 4.02. The van der Waals surface area contributed by atoms with Crippen LogP contribution in [0.1, 0.15) is 5.76 Å². The molecule has 1 aromatic heterocycles. The van der Waals surface area contributed by atoms with E-state index in [9.17, 15) is 27.2 Å². The van der Waals surface area contributed by atoms with Crippen LogP contribution in [-0.4, -0.2) is 49.1 Å². The number of furan rings is 1. The van der Waals surface area contributed by atoms with Crippen LogP contribution in [0.15, 0.2) is 65.1 Å². The Bertz CT molecular complexity index is 1280. The summed E-state index contributed by atoms with van der Waals surface area (Å²) in [4.78, 5) is 26.3. The topological polar surface area (TPSA) is 65.8 Å². The highest BCUT2D eigenvalue weighted by molar-refractivity contribution is 6.33. The molecule has 1 aliphatic rings. The number of piperazine rings is 1. The van der Waals surface area contributed by atoms with Crippen molar-refractivity contribution in [2.45, 2.75) is 6.18 Å². The lowest BCUT2D eigenvalue weighted by Gasteiger charge is -2.36. The zero-order chi connectivity index (χ0) is 25.9.